The highest BCUT2D eigenvalue weighted by atomic mass is 16.5. The molecule has 1 aromatic carbocycles. The minimum atomic E-state index is -0.597. The quantitative estimate of drug-likeness (QED) is 0.734. The molecule has 1 amide bonds. The molecule has 2 aliphatic carbocycles. The molecule has 5 rings (SSSR count). The third-order valence-corrected chi connectivity index (χ3v) is 7.92. The second kappa shape index (κ2) is 8.54. The standard InChI is InChI=1S/C26H33NO5/c1-2-17-13-21-19-8-3-4-9-20(19)25(29)32-23(21)14-22(17)31-16-24(28)27-12-11-26(30)10-6-5-7-18(26)15-27/h13-14,18,30H,2-12,15-16H2,1H3/t18-,26+/m1/s1. The van der Waals surface area contributed by atoms with Gasteiger partial charge in [0.25, 0.3) is 5.91 Å². The summed E-state index contributed by atoms with van der Waals surface area (Å²) in [6.07, 6.45) is 9.25. The molecule has 6 nitrogen and oxygen atoms in total. The van der Waals surface area contributed by atoms with E-state index >= 15 is 0 Å². The Morgan fingerprint density at radius 1 is 1.19 bits per heavy atom. The Bertz CT molecular complexity index is 1090. The van der Waals surface area contributed by atoms with Gasteiger partial charge in [-0.2, -0.15) is 0 Å². The summed E-state index contributed by atoms with van der Waals surface area (Å²) in [7, 11) is 0. The third kappa shape index (κ3) is 3.83. The van der Waals surface area contributed by atoms with Crippen LogP contribution in [0.3, 0.4) is 0 Å². The van der Waals surface area contributed by atoms with E-state index < -0.39 is 5.60 Å². The Morgan fingerprint density at radius 3 is 2.81 bits per heavy atom. The smallest absolute Gasteiger partial charge is 0.339 e. The highest BCUT2D eigenvalue weighted by Gasteiger charge is 2.43. The fourth-order valence-electron chi connectivity index (χ4n) is 5.95. The molecule has 3 aliphatic rings. The monoisotopic (exact) mass is 439 g/mol. The normalized spacial score (nSPS) is 25.3. The maximum absolute atomic E-state index is 12.9. The first-order chi connectivity index (χ1) is 15.5. The van der Waals surface area contributed by atoms with E-state index in [2.05, 4.69) is 13.0 Å². The maximum atomic E-state index is 12.9. The number of rotatable bonds is 4. The number of carbonyl (C=O) groups is 1. The number of benzene rings is 1. The molecule has 32 heavy (non-hydrogen) atoms. The fraction of sp³-hybridized carbons (Fsp3) is 0.615. The third-order valence-electron chi connectivity index (χ3n) is 7.92. The molecule has 2 fully saturated rings. The number of nitrogens with zero attached hydrogens (tertiary/aromatic N) is 1. The van der Waals surface area contributed by atoms with Gasteiger partial charge in [0.1, 0.15) is 11.3 Å². The maximum Gasteiger partial charge on any atom is 0.339 e. The van der Waals surface area contributed by atoms with Crippen molar-refractivity contribution < 1.29 is 19.1 Å². The zero-order valence-corrected chi connectivity index (χ0v) is 19.0. The minimum Gasteiger partial charge on any atom is -0.483 e. The molecular formula is C26H33NO5. The van der Waals surface area contributed by atoms with Gasteiger partial charge in [-0.1, -0.05) is 19.8 Å². The Balaban J connectivity index is 1.34. The molecule has 2 aromatic rings. The fourth-order valence-corrected chi connectivity index (χ4v) is 5.95. The van der Waals surface area contributed by atoms with Gasteiger partial charge < -0.3 is 19.2 Å². The van der Waals surface area contributed by atoms with E-state index in [0.717, 1.165) is 79.9 Å². The molecule has 0 spiro atoms. The van der Waals surface area contributed by atoms with Crippen LogP contribution in [-0.2, 0) is 24.1 Å². The van der Waals surface area contributed by atoms with Gasteiger partial charge in [-0.25, -0.2) is 4.79 Å². The lowest BCUT2D eigenvalue weighted by atomic mass is 9.71. The van der Waals surface area contributed by atoms with E-state index in [1.165, 1.54) is 0 Å². The Morgan fingerprint density at radius 2 is 2.00 bits per heavy atom. The van der Waals surface area contributed by atoms with Crippen molar-refractivity contribution in [3.05, 3.63) is 39.2 Å². The van der Waals surface area contributed by atoms with E-state index in [-0.39, 0.29) is 24.1 Å². The van der Waals surface area contributed by atoms with Crippen LogP contribution in [0, 0.1) is 5.92 Å². The van der Waals surface area contributed by atoms with Gasteiger partial charge in [-0.05, 0) is 68.6 Å². The van der Waals surface area contributed by atoms with Gasteiger partial charge in [0.15, 0.2) is 6.61 Å². The zero-order valence-electron chi connectivity index (χ0n) is 19.0. The topological polar surface area (TPSA) is 80.0 Å². The SMILES string of the molecule is CCc1cc2c3c(c(=O)oc2cc1OCC(=O)N1CC[C@@]2(O)CCCC[C@@H]2C1)CCCC3. The molecule has 1 aliphatic heterocycles. The number of carbonyl (C=O) groups excluding carboxylic acids is 1. The number of aliphatic hydroxyl groups is 1. The molecule has 6 heteroatoms. The van der Waals surface area contributed by atoms with E-state index in [4.69, 9.17) is 9.15 Å². The number of likely N-dealkylation sites (tertiary alicyclic amines) is 1. The molecule has 1 saturated carbocycles. The Hall–Kier alpha value is -2.34. The zero-order chi connectivity index (χ0) is 22.3. The molecule has 2 heterocycles. The number of hydrogen-bond donors (Lipinski definition) is 1. The lowest BCUT2D eigenvalue weighted by Gasteiger charge is -2.47. The number of aryl methyl sites for hydroxylation is 2. The summed E-state index contributed by atoms with van der Waals surface area (Å²) in [6, 6.07) is 3.86. The Labute approximate surface area is 188 Å². The second-order valence-electron chi connectivity index (χ2n) is 9.79. The van der Waals surface area contributed by atoms with Crippen LogP contribution in [0.5, 0.6) is 5.75 Å². The van der Waals surface area contributed by atoms with E-state index in [1.807, 2.05) is 4.90 Å². The van der Waals surface area contributed by atoms with Crippen LogP contribution in [0.15, 0.2) is 21.3 Å². The van der Waals surface area contributed by atoms with Crippen molar-refractivity contribution >= 4 is 16.9 Å². The molecule has 1 saturated heterocycles. The minimum absolute atomic E-state index is 0.0428. The van der Waals surface area contributed by atoms with Crippen LogP contribution in [0.4, 0.5) is 0 Å². The largest absolute Gasteiger partial charge is 0.483 e. The summed E-state index contributed by atoms with van der Waals surface area (Å²) in [5, 5.41) is 11.9. The van der Waals surface area contributed by atoms with Gasteiger partial charge in [-0.3, -0.25) is 4.79 Å². The number of piperidine rings is 1. The van der Waals surface area contributed by atoms with Crippen molar-refractivity contribution in [3.63, 3.8) is 0 Å². The lowest BCUT2D eigenvalue weighted by Crippen LogP contribution is -2.55. The van der Waals surface area contributed by atoms with Crippen molar-refractivity contribution in [1.82, 2.24) is 4.90 Å². The first-order valence-corrected chi connectivity index (χ1v) is 12.2. The molecule has 0 radical (unpaired) electrons. The average molecular weight is 440 g/mol. The van der Waals surface area contributed by atoms with Crippen LogP contribution in [0.2, 0.25) is 0 Å². The molecular weight excluding hydrogens is 406 g/mol. The summed E-state index contributed by atoms with van der Waals surface area (Å²) in [5.74, 6) is 0.728. The predicted molar refractivity (Wildman–Crippen MR) is 122 cm³/mol. The van der Waals surface area contributed by atoms with Crippen molar-refractivity contribution in [1.29, 1.82) is 0 Å². The highest BCUT2D eigenvalue weighted by molar-refractivity contribution is 5.84. The van der Waals surface area contributed by atoms with Gasteiger partial charge in [-0.15, -0.1) is 0 Å². The van der Waals surface area contributed by atoms with Gasteiger partial charge in [0, 0.05) is 36.0 Å². The first-order valence-electron chi connectivity index (χ1n) is 12.2. The predicted octanol–water partition coefficient (Wildman–Crippen LogP) is 3.77. The Kier molecular flexibility index (Phi) is 5.74. The lowest BCUT2D eigenvalue weighted by molar-refractivity contribution is -0.145. The number of amides is 1. The number of ether oxygens (including phenoxy) is 1. The summed E-state index contributed by atoms with van der Waals surface area (Å²) in [5.41, 5.74) is 2.66. The van der Waals surface area contributed by atoms with Crippen molar-refractivity contribution in [3.8, 4) is 5.75 Å². The van der Waals surface area contributed by atoms with Gasteiger partial charge in [0.2, 0.25) is 0 Å². The highest BCUT2D eigenvalue weighted by Crippen LogP contribution is 2.40. The number of fused-ring (bicyclic) bond motifs is 4. The summed E-state index contributed by atoms with van der Waals surface area (Å²) in [4.78, 5) is 27.2. The molecule has 0 bridgehead atoms. The van der Waals surface area contributed by atoms with Crippen molar-refractivity contribution in [2.75, 3.05) is 19.7 Å². The van der Waals surface area contributed by atoms with Crippen molar-refractivity contribution in [2.24, 2.45) is 5.92 Å². The van der Waals surface area contributed by atoms with Crippen LogP contribution < -0.4 is 10.4 Å². The molecule has 2 atom stereocenters. The molecule has 0 unspecified atom stereocenters. The second-order valence-corrected chi connectivity index (χ2v) is 9.79. The first kappa shape index (κ1) is 21.5. The van der Waals surface area contributed by atoms with E-state index in [1.54, 1.807) is 6.07 Å². The summed E-state index contributed by atoms with van der Waals surface area (Å²) >= 11 is 0. The van der Waals surface area contributed by atoms with Gasteiger partial charge in [0.05, 0.1) is 5.60 Å². The van der Waals surface area contributed by atoms with E-state index in [9.17, 15) is 14.7 Å². The molecule has 1 aromatic heterocycles. The van der Waals surface area contributed by atoms with Gasteiger partial charge >= 0.3 is 5.63 Å². The van der Waals surface area contributed by atoms with Crippen LogP contribution in [-0.4, -0.2) is 41.2 Å². The van der Waals surface area contributed by atoms with Crippen LogP contribution in [0.25, 0.3) is 11.0 Å². The average Bonchev–Trinajstić information content (AvgIpc) is 2.81. The summed E-state index contributed by atoms with van der Waals surface area (Å²) in [6.45, 7) is 3.21. The molecule has 172 valence electrons. The van der Waals surface area contributed by atoms with Crippen LogP contribution in [0.1, 0.15) is 68.6 Å². The number of hydrogen-bond acceptors (Lipinski definition) is 5. The van der Waals surface area contributed by atoms with E-state index in [0.29, 0.717) is 30.8 Å². The van der Waals surface area contributed by atoms with Crippen molar-refractivity contribution in [2.45, 2.75) is 76.7 Å². The summed E-state index contributed by atoms with van der Waals surface area (Å²) < 4.78 is 11.6. The molecule has 1 N–H and O–H groups in total. The van der Waals surface area contributed by atoms with Crippen LogP contribution >= 0.6 is 0 Å².